The van der Waals surface area contributed by atoms with Crippen LogP contribution in [0.5, 0.6) is 11.5 Å². The molecule has 0 unspecified atom stereocenters. The summed E-state index contributed by atoms with van der Waals surface area (Å²) in [4.78, 5) is 11.7. The van der Waals surface area contributed by atoms with Crippen molar-refractivity contribution in [3.63, 3.8) is 0 Å². The van der Waals surface area contributed by atoms with Gasteiger partial charge in [0.15, 0.2) is 0 Å². The Hall–Kier alpha value is -2.94. The largest absolute Gasteiger partial charge is 0.573 e. The van der Waals surface area contributed by atoms with Crippen LogP contribution in [0, 0.1) is 0 Å². The van der Waals surface area contributed by atoms with E-state index in [4.69, 9.17) is 9.47 Å². The van der Waals surface area contributed by atoms with E-state index in [0.29, 0.717) is 23.4 Å². The summed E-state index contributed by atoms with van der Waals surface area (Å²) in [6.45, 7) is 6.28. The maximum absolute atomic E-state index is 12.5. The van der Waals surface area contributed by atoms with Crippen LogP contribution in [0.15, 0.2) is 42.5 Å². The molecule has 2 rings (SSSR count). The molecular formula is C22H27F3N2O4. The van der Waals surface area contributed by atoms with Gasteiger partial charge in [-0.3, -0.25) is 0 Å². The third-order valence-corrected chi connectivity index (χ3v) is 3.79. The maximum atomic E-state index is 12.5. The molecule has 0 saturated carbocycles. The molecule has 2 aromatic carbocycles. The molecule has 0 atom stereocenters. The molecule has 0 aliphatic carbocycles. The highest BCUT2D eigenvalue weighted by molar-refractivity contribution is 5.68. The molecule has 0 bridgehead atoms. The van der Waals surface area contributed by atoms with E-state index < -0.39 is 18.1 Å². The minimum Gasteiger partial charge on any atom is -0.492 e. The molecule has 6 nitrogen and oxygen atoms in total. The minimum atomic E-state index is -4.76. The molecule has 0 saturated heterocycles. The molecule has 31 heavy (non-hydrogen) atoms. The summed E-state index contributed by atoms with van der Waals surface area (Å²) in [6, 6.07) is 11.1. The normalized spacial score (nSPS) is 11.7. The van der Waals surface area contributed by atoms with E-state index in [1.54, 1.807) is 40.0 Å². The van der Waals surface area contributed by atoms with Crippen LogP contribution in [0.1, 0.15) is 26.3 Å². The van der Waals surface area contributed by atoms with E-state index in [0.717, 1.165) is 5.56 Å². The van der Waals surface area contributed by atoms with Gasteiger partial charge in [-0.1, -0.05) is 12.1 Å². The highest BCUT2D eigenvalue weighted by Gasteiger charge is 2.31. The molecule has 2 aromatic rings. The average molecular weight is 440 g/mol. The lowest BCUT2D eigenvalue weighted by Crippen LogP contribution is -2.34. The first-order valence-electron chi connectivity index (χ1n) is 9.69. The zero-order chi connectivity index (χ0) is 23.1. The van der Waals surface area contributed by atoms with E-state index in [2.05, 4.69) is 15.4 Å². The van der Waals surface area contributed by atoms with Crippen molar-refractivity contribution < 1.29 is 32.2 Å². The van der Waals surface area contributed by atoms with Gasteiger partial charge in [-0.25, -0.2) is 4.79 Å². The topological polar surface area (TPSA) is 68.8 Å². The summed E-state index contributed by atoms with van der Waals surface area (Å²) in [5.74, 6) is 0.226. The first-order valence-corrected chi connectivity index (χ1v) is 9.69. The molecule has 1 amide bonds. The summed E-state index contributed by atoms with van der Waals surface area (Å²) in [6.07, 6.45) is -5.30. The lowest BCUT2D eigenvalue weighted by molar-refractivity contribution is -0.274. The van der Waals surface area contributed by atoms with Crippen molar-refractivity contribution in [1.82, 2.24) is 10.6 Å². The number of nitrogens with one attached hydrogen (secondary N) is 2. The molecule has 9 heteroatoms. The Morgan fingerprint density at radius 3 is 2.35 bits per heavy atom. The fourth-order valence-corrected chi connectivity index (χ4v) is 2.73. The van der Waals surface area contributed by atoms with E-state index >= 15 is 0 Å². The number of carbonyl (C=O) groups excluding carboxylic acids is 1. The van der Waals surface area contributed by atoms with Crippen LogP contribution in [0.4, 0.5) is 18.0 Å². The Morgan fingerprint density at radius 1 is 1.00 bits per heavy atom. The lowest BCUT2D eigenvalue weighted by atomic mass is 10.0. The SMILES string of the molecule is CNCc1cc(OCCNC(=O)OC(C)(C)C)cc(-c2cccc(OC(F)(F)F)c2)c1. The minimum absolute atomic E-state index is 0.193. The number of carbonyl (C=O) groups is 1. The summed E-state index contributed by atoms with van der Waals surface area (Å²) in [7, 11) is 1.79. The Bertz CT molecular complexity index is 880. The third kappa shape index (κ3) is 9.17. The summed E-state index contributed by atoms with van der Waals surface area (Å²) in [5.41, 5.74) is 1.52. The Balaban J connectivity index is 2.11. The number of rotatable bonds is 8. The standard InChI is InChI=1S/C22H27F3N2O4/c1-21(2,3)31-20(28)27-8-9-29-19-11-15(14-26-4)10-17(13-19)16-6-5-7-18(12-16)30-22(23,24)25/h5-7,10-13,26H,8-9,14H2,1-4H3,(H,27,28). The molecule has 0 aromatic heterocycles. The first kappa shape index (κ1) is 24.3. The maximum Gasteiger partial charge on any atom is 0.573 e. The predicted octanol–water partition coefficient (Wildman–Crippen LogP) is 4.88. The van der Waals surface area contributed by atoms with Crippen molar-refractivity contribution >= 4 is 6.09 Å². The number of alkyl halides is 3. The van der Waals surface area contributed by atoms with E-state index in [1.807, 2.05) is 12.1 Å². The van der Waals surface area contributed by atoms with Crippen LogP contribution in [0.25, 0.3) is 11.1 Å². The highest BCUT2D eigenvalue weighted by atomic mass is 19.4. The van der Waals surface area contributed by atoms with Crippen molar-refractivity contribution in [1.29, 1.82) is 0 Å². The van der Waals surface area contributed by atoms with E-state index in [1.165, 1.54) is 18.2 Å². The second-order valence-electron chi connectivity index (χ2n) is 7.75. The van der Waals surface area contributed by atoms with Gasteiger partial charge < -0.3 is 24.8 Å². The van der Waals surface area contributed by atoms with E-state index in [9.17, 15) is 18.0 Å². The van der Waals surface area contributed by atoms with Crippen molar-refractivity contribution in [3.8, 4) is 22.6 Å². The van der Waals surface area contributed by atoms with Gasteiger partial charge in [-0.2, -0.15) is 0 Å². The zero-order valence-electron chi connectivity index (χ0n) is 17.9. The molecule has 0 radical (unpaired) electrons. The fraction of sp³-hybridized carbons (Fsp3) is 0.409. The summed E-state index contributed by atoms with van der Waals surface area (Å²) < 4.78 is 52.5. The van der Waals surface area contributed by atoms with Crippen LogP contribution in [-0.4, -0.2) is 38.3 Å². The molecule has 0 heterocycles. The van der Waals surface area contributed by atoms with Crippen molar-refractivity contribution in [2.45, 2.75) is 39.3 Å². The van der Waals surface area contributed by atoms with Crippen LogP contribution in [0.3, 0.4) is 0 Å². The van der Waals surface area contributed by atoms with Crippen LogP contribution >= 0.6 is 0 Å². The molecule has 0 spiro atoms. The number of benzene rings is 2. The van der Waals surface area contributed by atoms with Crippen molar-refractivity contribution in [3.05, 3.63) is 48.0 Å². The molecule has 0 aliphatic heterocycles. The lowest BCUT2D eigenvalue weighted by Gasteiger charge is -2.19. The van der Waals surface area contributed by atoms with E-state index in [-0.39, 0.29) is 18.9 Å². The Labute approximate surface area is 179 Å². The molecule has 2 N–H and O–H groups in total. The number of alkyl carbamates (subject to hydrolysis) is 1. The smallest absolute Gasteiger partial charge is 0.492 e. The quantitative estimate of drug-likeness (QED) is 0.573. The number of hydrogen-bond acceptors (Lipinski definition) is 5. The summed E-state index contributed by atoms with van der Waals surface area (Å²) >= 11 is 0. The number of hydrogen-bond donors (Lipinski definition) is 2. The van der Waals surface area contributed by atoms with Crippen LogP contribution < -0.4 is 20.1 Å². The highest BCUT2D eigenvalue weighted by Crippen LogP contribution is 2.31. The van der Waals surface area contributed by atoms with Gasteiger partial charge in [0.2, 0.25) is 0 Å². The Kier molecular flexibility index (Phi) is 8.15. The molecular weight excluding hydrogens is 413 g/mol. The third-order valence-electron chi connectivity index (χ3n) is 3.79. The molecule has 0 fully saturated rings. The number of halogens is 3. The van der Waals surface area contributed by atoms with Gasteiger partial charge in [0.1, 0.15) is 23.7 Å². The van der Waals surface area contributed by atoms with Crippen LogP contribution in [-0.2, 0) is 11.3 Å². The van der Waals surface area contributed by atoms with Gasteiger partial charge in [0.05, 0.1) is 6.54 Å². The predicted molar refractivity (Wildman–Crippen MR) is 111 cm³/mol. The van der Waals surface area contributed by atoms with Gasteiger partial charge in [-0.05, 0) is 74.8 Å². The summed E-state index contributed by atoms with van der Waals surface area (Å²) in [5, 5.41) is 5.64. The molecule has 0 aliphatic rings. The molecule has 170 valence electrons. The second-order valence-corrected chi connectivity index (χ2v) is 7.75. The first-order chi connectivity index (χ1) is 14.4. The zero-order valence-corrected chi connectivity index (χ0v) is 17.9. The van der Waals surface area contributed by atoms with Gasteiger partial charge in [0, 0.05) is 6.54 Å². The van der Waals surface area contributed by atoms with Crippen LogP contribution in [0.2, 0.25) is 0 Å². The fourth-order valence-electron chi connectivity index (χ4n) is 2.73. The number of amides is 1. The second kappa shape index (κ2) is 10.4. The number of ether oxygens (including phenoxy) is 3. The van der Waals surface area contributed by atoms with Gasteiger partial charge in [-0.15, -0.1) is 13.2 Å². The van der Waals surface area contributed by atoms with Crippen molar-refractivity contribution in [2.75, 3.05) is 20.2 Å². The van der Waals surface area contributed by atoms with Gasteiger partial charge in [0.25, 0.3) is 0 Å². The Morgan fingerprint density at radius 2 is 1.71 bits per heavy atom. The monoisotopic (exact) mass is 440 g/mol. The van der Waals surface area contributed by atoms with Gasteiger partial charge >= 0.3 is 12.5 Å². The van der Waals surface area contributed by atoms with Crippen molar-refractivity contribution in [2.24, 2.45) is 0 Å². The average Bonchev–Trinajstić information content (AvgIpc) is 2.63.